The Morgan fingerprint density at radius 1 is 1.00 bits per heavy atom. The minimum absolute atomic E-state index is 0.529. The first-order valence-electron chi connectivity index (χ1n) is 8.10. The highest BCUT2D eigenvalue weighted by Crippen LogP contribution is 2.45. The second-order valence-electron chi connectivity index (χ2n) is 6.87. The van der Waals surface area contributed by atoms with Crippen LogP contribution in [0, 0.1) is 0 Å². The number of piperidine rings is 2. The summed E-state index contributed by atoms with van der Waals surface area (Å²) in [6.07, 6.45) is 5.49. The van der Waals surface area contributed by atoms with Gasteiger partial charge < -0.3 is 10.0 Å². The van der Waals surface area contributed by atoms with Crippen molar-refractivity contribution in [2.24, 2.45) is 0 Å². The zero-order valence-electron chi connectivity index (χ0n) is 12.6. The van der Waals surface area contributed by atoms with Crippen molar-refractivity contribution in [3.05, 3.63) is 48.0 Å². The lowest BCUT2D eigenvalue weighted by Gasteiger charge is -2.51. The second kappa shape index (κ2) is 4.82. The smallest absolute Gasteiger partial charge is 0.0932 e. The van der Waals surface area contributed by atoms with Crippen LogP contribution >= 0.6 is 0 Å². The maximum atomic E-state index is 11.4. The molecule has 2 aliphatic rings. The quantitative estimate of drug-likeness (QED) is 0.862. The Bertz CT molecular complexity index is 646. The molecule has 0 saturated carbocycles. The zero-order valence-corrected chi connectivity index (χ0v) is 12.6. The van der Waals surface area contributed by atoms with E-state index in [0.717, 1.165) is 18.4 Å². The summed E-state index contributed by atoms with van der Waals surface area (Å²) in [4.78, 5) is 2.50. The third-order valence-electron chi connectivity index (χ3n) is 5.66. The van der Waals surface area contributed by atoms with Crippen LogP contribution in [0.1, 0.15) is 37.7 Å². The van der Waals surface area contributed by atoms with E-state index in [1.165, 1.54) is 30.0 Å². The highest BCUT2D eigenvalue weighted by Gasteiger charge is 2.45. The molecule has 2 atom stereocenters. The van der Waals surface area contributed by atoms with Gasteiger partial charge in [0.1, 0.15) is 0 Å². The molecule has 2 heterocycles. The van der Waals surface area contributed by atoms with Crippen molar-refractivity contribution in [1.82, 2.24) is 4.90 Å². The van der Waals surface area contributed by atoms with E-state index in [1.54, 1.807) is 0 Å². The maximum Gasteiger partial charge on any atom is 0.0932 e. The number of rotatable bonds is 1. The highest BCUT2D eigenvalue weighted by atomic mass is 16.3. The van der Waals surface area contributed by atoms with E-state index >= 15 is 0 Å². The molecule has 2 nitrogen and oxygen atoms in total. The number of fused-ring (bicyclic) bond motifs is 3. The SMILES string of the molecule is CN1C2CCCC1CC(O)(c1cccc3ccccc13)C2. The molecular formula is C19H23NO. The van der Waals surface area contributed by atoms with Gasteiger partial charge >= 0.3 is 0 Å². The first kappa shape index (κ1) is 13.3. The Morgan fingerprint density at radius 2 is 1.67 bits per heavy atom. The van der Waals surface area contributed by atoms with Crippen LogP contribution in [0.15, 0.2) is 42.5 Å². The van der Waals surface area contributed by atoms with E-state index < -0.39 is 5.60 Å². The summed E-state index contributed by atoms with van der Waals surface area (Å²) in [7, 11) is 2.23. The molecule has 2 aromatic rings. The van der Waals surface area contributed by atoms with Gasteiger partial charge in [-0.2, -0.15) is 0 Å². The third-order valence-corrected chi connectivity index (χ3v) is 5.66. The largest absolute Gasteiger partial charge is 0.385 e. The van der Waals surface area contributed by atoms with Crippen molar-refractivity contribution in [3.63, 3.8) is 0 Å². The average molecular weight is 281 g/mol. The minimum Gasteiger partial charge on any atom is -0.385 e. The van der Waals surface area contributed by atoms with Gasteiger partial charge in [-0.15, -0.1) is 0 Å². The lowest BCUT2D eigenvalue weighted by molar-refractivity contribution is -0.0866. The van der Waals surface area contributed by atoms with Crippen LogP contribution < -0.4 is 0 Å². The number of benzene rings is 2. The van der Waals surface area contributed by atoms with E-state index in [0.29, 0.717) is 12.1 Å². The molecule has 0 radical (unpaired) electrons. The summed E-state index contributed by atoms with van der Waals surface area (Å²) < 4.78 is 0. The van der Waals surface area contributed by atoms with Crippen molar-refractivity contribution in [2.45, 2.75) is 49.8 Å². The van der Waals surface area contributed by atoms with Gasteiger partial charge in [0.05, 0.1) is 5.60 Å². The molecule has 2 fully saturated rings. The summed E-state index contributed by atoms with van der Waals surface area (Å²) in [5.74, 6) is 0. The average Bonchev–Trinajstić information content (AvgIpc) is 2.48. The van der Waals surface area contributed by atoms with E-state index in [2.05, 4.69) is 54.4 Å². The van der Waals surface area contributed by atoms with Crippen molar-refractivity contribution in [3.8, 4) is 0 Å². The topological polar surface area (TPSA) is 23.5 Å². The lowest BCUT2D eigenvalue weighted by Crippen LogP contribution is -2.55. The van der Waals surface area contributed by atoms with E-state index in [1.807, 2.05) is 0 Å². The molecule has 4 rings (SSSR count). The first-order valence-corrected chi connectivity index (χ1v) is 8.10. The zero-order chi connectivity index (χ0) is 14.4. The lowest BCUT2D eigenvalue weighted by atomic mass is 9.72. The molecule has 2 unspecified atom stereocenters. The van der Waals surface area contributed by atoms with E-state index in [-0.39, 0.29) is 0 Å². The third kappa shape index (κ3) is 2.09. The molecular weight excluding hydrogens is 258 g/mol. The van der Waals surface area contributed by atoms with Crippen LogP contribution in [0.5, 0.6) is 0 Å². The molecule has 21 heavy (non-hydrogen) atoms. The van der Waals surface area contributed by atoms with E-state index in [4.69, 9.17) is 0 Å². The second-order valence-corrected chi connectivity index (χ2v) is 6.87. The van der Waals surface area contributed by atoms with Crippen LogP contribution in [0.25, 0.3) is 10.8 Å². The molecule has 2 heteroatoms. The van der Waals surface area contributed by atoms with Crippen LogP contribution in [0.4, 0.5) is 0 Å². The molecule has 1 N–H and O–H groups in total. The molecule has 110 valence electrons. The molecule has 2 aromatic carbocycles. The predicted molar refractivity (Wildman–Crippen MR) is 86.3 cm³/mol. The van der Waals surface area contributed by atoms with Gasteiger partial charge in [0.25, 0.3) is 0 Å². The minimum atomic E-state index is -0.664. The Labute approximate surface area is 126 Å². The number of nitrogens with zero attached hydrogens (tertiary/aromatic N) is 1. The fraction of sp³-hybridized carbons (Fsp3) is 0.474. The van der Waals surface area contributed by atoms with Gasteiger partial charge in [0, 0.05) is 12.1 Å². The van der Waals surface area contributed by atoms with Gasteiger partial charge in [-0.25, -0.2) is 0 Å². The van der Waals surface area contributed by atoms with Gasteiger partial charge in [0.2, 0.25) is 0 Å². The molecule has 0 aromatic heterocycles. The molecule has 2 aliphatic heterocycles. The van der Waals surface area contributed by atoms with Gasteiger partial charge in [-0.1, -0.05) is 48.9 Å². The van der Waals surface area contributed by atoms with Crippen LogP contribution in [0.3, 0.4) is 0 Å². The van der Waals surface area contributed by atoms with Gasteiger partial charge in [-0.3, -0.25) is 0 Å². The van der Waals surface area contributed by atoms with Crippen molar-refractivity contribution in [2.75, 3.05) is 7.05 Å². The monoisotopic (exact) mass is 281 g/mol. The van der Waals surface area contributed by atoms with Crippen LogP contribution in [-0.2, 0) is 5.60 Å². The summed E-state index contributed by atoms with van der Waals surface area (Å²) in [5.41, 5.74) is 0.467. The summed E-state index contributed by atoms with van der Waals surface area (Å²) >= 11 is 0. The van der Waals surface area contributed by atoms with E-state index in [9.17, 15) is 5.11 Å². The molecule has 0 aliphatic carbocycles. The summed E-state index contributed by atoms with van der Waals surface area (Å²) in [5, 5.41) is 13.9. The first-order chi connectivity index (χ1) is 10.2. The fourth-order valence-electron chi connectivity index (χ4n) is 4.50. The number of aliphatic hydroxyl groups is 1. The van der Waals surface area contributed by atoms with Crippen LogP contribution in [-0.4, -0.2) is 29.1 Å². The predicted octanol–water partition coefficient (Wildman–Crippen LogP) is 3.67. The Morgan fingerprint density at radius 3 is 2.43 bits per heavy atom. The normalized spacial score (nSPS) is 33.2. The van der Waals surface area contributed by atoms with Gasteiger partial charge in [-0.05, 0) is 49.1 Å². The Balaban J connectivity index is 1.81. The summed E-state index contributed by atoms with van der Waals surface area (Å²) in [6.45, 7) is 0. The van der Waals surface area contributed by atoms with Crippen molar-refractivity contribution in [1.29, 1.82) is 0 Å². The summed E-state index contributed by atoms with van der Waals surface area (Å²) in [6, 6.07) is 15.8. The van der Waals surface area contributed by atoms with Crippen molar-refractivity contribution >= 4 is 10.8 Å². The molecule has 2 bridgehead atoms. The van der Waals surface area contributed by atoms with Gasteiger partial charge in [0.15, 0.2) is 0 Å². The maximum absolute atomic E-state index is 11.4. The Hall–Kier alpha value is -1.38. The Kier molecular flexibility index (Phi) is 3.05. The fourth-order valence-corrected chi connectivity index (χ4v) is 4.50. The van der Waals surface area contributed by atoms with Crippen molar-refractivity contribution < 1.29 is 5.11 Å². The molecule has 0 amide bonds. The molecule has 0 spiro atoms. The standard InChI is InChI=1S/C19H23NO/c1-20-15-8-5-9-16(20)13-19(21,12-15)18-11-4-7-14-6-2-3-10-17(14)18/h2-4,6-7,10-11,15-16,21H,5,8-9,12-13H2,1H3. The van der Waals surface area contributed by atoms with Crippen LogP contribution in [0.2, 0.25) is 0 Å². The number of hydrogen-bond acceptors (Lipinski definition) is 2. The molecule has 2 saturated heterocycles. The highest BCUT2D eigenvalue weighted by molar-refractivity contribution is 5.86. The number of hydrogen-bond donors (Lipinski definition) is 1.